The fourth-order valence-electron chi connectivity index (χ4n) is 4.08. The number of nitrogens with zero attached hydrogens (tertiary/aromatic N) is 1. The Labute approximate surface area is 211 Å². The maximum Gasteiger partial charge on any atom is 0.253 e. The molecule has 4 rings (SSSR count). The zero-order valence-electron chi connectivity index (χ0n) is 20.6. The molecule has 0 bridgehead atoms. The van der Waals surface area contributed by atoms with Crippen molar-refractivity contribution in [1.29, 1.82) is 0 Å². The second-order valence-corrected chi connectivity index (χ2v) is 8.95. The molecule has 7 heteroatoms. The van der Waals surface area contributed by atoms with Crippen LogP contribution in [0.1, 0.15) is 41.3 Å². The number of anilines is 2. The number of ether oxygens (including phenoxy) is 1. The fourth-order valence-corrected chi connectivity index (χ4v) is 4.08. The van der Waals surface area contributed by atoms with E-state index >= 15 is 0 Å². The SMILES string of the molecule is CCCOc1ccc(N2C[C@@H](C(=O)Nc3ccccc3C(=O)NCc3ccc(C)cc3)CC2=O)cc1. The van der Waals surface area contributed by atoms with Crippen LogP contribution in [0.15, 0.2) is 72.8 Å². The molecule has 7 nitrogen and oxygen atoms in total. The van der Waals surface area contributed by atoms with Crippen molar-refractivity contribution in [3.05, 3.63) is 89.5 Å². The van der Waals surface area contributed by atoms with Crippen LogP contribution in [0.5, 0.6) is 5.75 Å². The molecular weight excluding hydrogens is 454 g/mol. The average molecular weight is 486 g/mol. The van der Waals surface area contributed by atoms with Crippen molar-refractivity contribution in [2.24, 2.45) is 5.92 Å². The minimum absolute atomic E-state index is 0.110. The maximum atomic E-state index is 13.1. The van der Waals surface area contributed by atoms with Crippen molar-refractivity contribution in [1.82, 2.24) is 5.32 Å². The number of amides is 3. The van der Waals surface area contributed by atoms with Crippen molar-refractivity contribution >= 4 is 29.1 Å². The third kappa shape index (κ3) is 6.10. The lowest BCUT2D eigenvalue weighted by atomic mass is 10.1. The van der Waals surface area contributed by atoms with Gasteiger partial charge in [-0.1, -0.05) is 48.9 Å². The summed E-state index contributed by atoms with van der Waals surface area (Å²) < 4.78 is 5.60. The summed E-state index contributed by atoms with van der Waals surface area (Å²) in [4.78, 5) is 40.2. The molecule has 0 saturated carbocycles. The molecule has 1 saturated heterocycles. The highest BCUT2D eigenvalue weighted by Crippen LogP contribution is 2.28. The van der Waals surface area contributed by atoms with E-state index in [0.29, 0.717) is 24.4 Å². The summed E-state index contributed by atoms with van der Waals surface area (Å²) in [6.45, 7) is 5.35. The van der Waals surface area contributed by atoms with Crippen LogP contribution in [0.4, 0.5) is 11.4 Å². The Kier molecular flexibility index (Phi) is 8.00. The lowest BCUT2D eigenvalue weighted by Gasteiger charge is -2.18. The Bertz CT molecular complexity index is 1220. The highest BCUT2D eigenvalue weighted by atomic mass is 16.5. The molecule has 0 radical (unpaired) electrons. The number of carbonyl (C=O) groups is 3. The van der Waals surface area contributed by atoms with Gasteiger partial charge in [0, 0.05) is 25.2 Å². The largest absolute Gasteiger partial charge is 0.494 e. The molecular formula is C29H31N3O4. The molecule has 186 valence electrons. The molecule has 1 fully saturated rings. The Balaban J connectivity index is 1.38. The average Bonchev–Trinajstić information content (AvgIpc) is 3.29. The van der Waals surface area contributed by atoms with Gasteiger partial charge in [0.15, 0.2) is 0 Å². The quantitative estimate of drug-likeness (QED) is 0.460. The van der Waals surface area contributed by atoms with Gasteiger partial charge in [-0.15, -0.1) is 0 Å². The summed E-state index contributed by atoms with van der Waals surface area (Å²) in [6.07, 6.45) is 1.03. The first-order chi connectivity index (χ1) is 17.4. The predicted octanol–water partition coefficient (Wildman–Crippen LogP) is 4.71. The summed E-state index contributed by atoms with van der Waals surface area (Å²) in [7, 11) is 0. The molecule has 3 aromatic rings. The van der Waals surface area contributed by atoms with E-state index in [1.165, 1.54) is 0 Å². The number of aryl methyl sites for hydroxylation is 1. The van der Waals surface area contributed by atoms with Gasteiger partial charge in [0.05, 0.1) is 23.8 Å². The minimum atomic E-state index is -0.516. The topological polar surface area (TPSA) is 87.7 Å². The smallest absolute Gasteiger partial charge is 0.253 e. The molecule has 3 aromatic carbocycles. The number of hydrogen-bond acceptors (Lipinski definition) is 4. The van der Waals surface area contributed by atoms with Crippen LogP contribution in [0.3, 0.4) is 0 Å². The predicted molar refractivity (Wildman–Crippen MR) is 140 cm³/mol. The molecule has 0 unspecified atom stereocenters. The first-order valence-electron chi connectivity index (χ1n) is 12.2. The fraction of sp³-hybridized carbons (Fsp3) is 0.276. The molecule has 1 heterocycles. The van der Waals surface area contributed by atoms with Crippen molar-refractivity contribution in [3.8, 4) is 5.75 Å². The maximum absolute atomic E-state index is 13.1. The van der Waals surface area contributed by atoms with Gasteiger partial charge in [-0.2, -0.15) is 0 Å². The van der Waals surface area contributed by atoms with Crippen LogP contribution in [-0.4, -0.2) is 30.9 Å². The van der Waals surface area contributed by atoms with E-state index in [1.54, 1.807) is 29.2 Å². The van der Waals surface area contributed by atoms with E-state index in [0.717, 1.165) is 29.0 Å². The molecule has 36 heavy (non-hydrogen) atoms. The zero-order chi connectivity index (χ0) is 25.5. The van der Waals surface area contributed by atoms with Crippen LogP contribution in [0.2, 0.25) is 0 Å². The van der Waals surface area contributed by atoms with E-state index < -0.39 is 5.92 Å². The third-order valence-electron chi connectivity index (χ3n) is 6.12. The number of para-hydroxylation sites is 1. The van der Waals surface area contributed by atoms with E-state index in [-0.39, 0.29) is 30.7 Å². The van der Waals surface area contributed by atoms with Crippen LogP contribution in [-0.2, 0) is 16.1 Å². The van der Waals surface area contributed by atoms with Gasteiger partial charge in [-0.05, 0) is 55.3 Å². The van der Waals surface area contributed by atoms with Crippen LogP contribution in [0.25, 0.3) is 0 Å². The van der Waals surface area contributed by atoms with Gasteiger partial charge in [0.1, 0.15) is 5.75 Å². The number of nitrogens with one attached hydrogen (secondary N) is 2. The molecule has 0 aliphatic carbocycles. The Hall–Kier alpha value is -4.13. The third-order valence-corrected chi connectivity index (χ3v) is 6.12. The van der Waals surface area contributed by atoms with Gasteiger partial charge in [0.2, 0.25) is 11.8 Å². The van der Waals surface area contributed by atoms with Crippen molar-refractivity contribution in [2.75, 3.05) is 23.4 Å². The first kappa shape index (κ1) is 25.0. The molecule has 1 aliphatic heterocycles. The summed E-state index contributed by atoms with van der Waals surface area (Å²) in [6, 6.07) is 22.1. The molecule has 3 amide bonds. The second-order valence-electron chi connectivity index (χ2n) is 8.95. The van der Waals surface area contributed by atoms with Crippen molar-refractivity contribution in [2.45, 2.75) is 33.2 Å². The standard InChI is InChI=1S/C29H31N3O4/c1-3-16-36-24-14-12-23(13-15-24)32-19-22(17-27(32)33)28(34)31-26-7-5-4-6-25(26)29(35)30-18-21-10-8-20(2)9-11-21/h4-15,22H,3,16-19H2,1-2H3,(H,30,35)(H,31,34)/t22-/m0/s1. The summed E-state index contributed by atoms with van der Waals surface area (Å²) >= 11 is 0. The lowest BCUT2D eigenvalue weighted by Crippen LogP contribution is -2.29. The lowest BCUT2D eigenvalue weighted by molar-refractivity contribution is -0.122. The summed E-state index contributed by atoms with van der Waals surface area (Å²) in [5.74, 6) is -0.439. The summed E-state index contributed by atoms with van der Waals surface area (Å²) in [5.41, 5.74) is 3.68. The number of rotatable bonds is 9. The van der Waals surface area contributed by atoms with Crippen LogP contribution < -0.4 is 20.3 Å². The number of benzene rings is 3. The Morgan fingerprint density at radius 1 is 1.00 bits per heavy atom. The Morgan fingerprint density at radius 3 is 2.44 bits per heavy atom. The first-order valence-corrected chi connectivity index (χ1v) is 12.2. The molecule has 2 N–H and O–H groups in total. The van der Waals surface area contributed by atoms with E-state index in [9.17, 15) is 14.4 Å². The zero-order valence-corrected chi connectivity index (χ0v) is 20.6. The van der Waals surface area contributed by atoms with E-state index in [1.807, 2.05) is 62.4 Å². The monoisotopic (exact) mass is 485 g/mol. The summed E-state index contributed by atoms with van der Waals surface area (Å²) in [5, 5.41) is 5.77. The van der Waals surface area contributed by atoms with Gasteiger partial charge in [-0.25, -0.2) is 0 Å². The molecule has 1 atom stereocenters. The van der Waals surface area contributed by atoms with Gasteiger partial charge < -0.3 is 20.3 Å². The minimum Gasteiger partial charge on any atom is -0.494 e. The van der Waals surface area contributed by atoms with Crippen LogP contribution in [0, 0.1) is 12.8 Å². The van der Waals surface area contributed by atoms with E-state index in [4.69, 9.17) is 4.74 Å². The Morgan fingerprint density at radius 2 is 1.72 bits per heavy atom. The van der Waals surface area contributed by atoms with E-state index in [2.05, 4.69) is 10.6 Å². The van der Waals surface area contributed by atoms with Crippen molar-refractivity contribution in [3.63, 3.8) is 0 Å². The van der Waals surface area contributed by atoms with Gasteiger partial charge >= 0.3 is 0 Å². The van der Waals surface area contributed by atoms with Crippen LogP contribution >= 0.6 is 0 Å². The van der Waals surface area contributed by atoms with Crippen molar-refractivity contribution < 1.29 is 19.1 Å². The molecule has 0 spiro atoms. The molecule has 1 aliphatic rings. The van der Waals surface area contributed by atoms with Gasteiger partial charge in [-0.3, -0.25) is 14.4 Å². The highest BCUT2D eigenvalue weighted by Gasteiger charge is 2.35. The highest BCUT2D eigenvalue weighted by molar-refractivity contribution is 6.07. The number of carbonyl (C=O) groups excluding carboxylic acids is 3. The normalized spacial score (nSPS) is 15.0. The molecule has 0 aromatic heterocycles. The second kappa shape index (κ2) is 11.5. The van der Waals surface area contributed by atoms with Gasteiger partial charge in [0.25, 0.3) is 5.91 Å². The number of hydrogen-bond donors (Lipinski definition) is 2.